The lowest BCUT2D eigenvalue weighted by Gasteiger charge is -2.30. The van der Waals surface area contributed by atoms with Crippen LogP contribution in [0.1, 0.15) is 17.8 Å². The Morgan fingerprint density at radius 2 is 1.92 bits per heavy atom. The first-order chi connectivity index (χ1) is 11.6. The van der Waals surface area contributed by atoms with Gasteiger partial charge in [-0.15, -0.1) is 0 Å². The van der Waals surface area contributed by atoms with Crippen LogP contribution in [0.3, 0.4) is 0 Å². The Balaban J connectivity index is 1.92. The number of hydrogen-bond donors (Lipinski definition) is 0. The quantitative estimate of drug-likeness (QED) is 0.714. The van der Waals surface area contributed by atoms with E-state index in [4.69, 9.17) is 21.3 Å². The molecule has 0 saturated carbocycles. The Morgan fingerprint density at radius 3 is 2.62 bits per heavy atom. The summed E-state index contributed by atoms with van der Waals surface area (Å²) in [5.41, 5.74) is 4.44. The van der Waals surface area contributed by atoms with Gasteiger partial charge in [0.15, 0.2) is 0 Å². The van der Waals surface area contributed by atoms with E-state index in [2.05, 4.69) is 25.5 Å². The number of fused-ring (bicyclic) bond motifs is 3. The van der Waals surface area contributed by atoms with Crippen LogP contribution >= 0.6 is 11.6 Å². The SMILES string of the molecule is COc1nc(C)c(N2CCCn3c2nc2c(Cl)cc[c]c23)c(C)n1. The number of nitrogens with zero attached hydrogens (tertiary/aromatic N) is 5. The van der Waals surface area contributed by atoms with E-state index in [9.17, 15) is 0 Å². The Kier molecular flexibility index (Phi) is 3.57. The van der Waals surface area contributed by atoms with Crippen molar-refractivity contribution in [2.45, 2.75) is 26.8 Å². The minimum absolute atomic E-state index is 0.385. The molecule has 1 aliphatic rings. The number of ether oxygens (including phenoxy) is 1. The Morgan fingerprint density at radius 1 is 1.17 bits per heavy atom. The van der Waals surface area contributed by atoms with Gasteiger partial charge in [-0.25, -0.2) is 4.98 Å². The number of hydrogen-bond acceptors (Lipinski definition) is 5. The topological polar surface area (TPSA) is 56.1 Å². The van der Waals surface area contributed by atoms with E-state index in [0.29, 0.717) is 11.0 Å². The minimum Gasteiger partial charge on any atom is -0.467 e. The molecule has 0 N–H and O–H groups in total. The number of halogens is 1. The average molecular weight is 343 g/mol. The summed E-state index contributed by atoms with van der Waals surface area (Å²) in [5.74, 6) is 0.862. The van der Waals surface area contributed by atoms with E-state index in [0.717, 1.165) is 53.6 Å². The number of anilines is 2. The average Bonchev–Trinajstić information content (AvgIpc) is 2.95. The third-order valence-electron chi connectivity index (χ3n) is 4.29. The van der Waals surface area contributed by atoms with Gasteiger partial charge in [-0.2, -0.15) is 9.97 Å². The minimum atomic E-state index is 0.385. The molecular formula is C17H17ClN5O. The van der Waals surface area contributed by atoms with Crippen LogP contribution < -0.4 is 9.64 Å². The monoisotopic (exact) mass is 342 g/mol. The van der Waals surface area contributed by atoms with Crippen LogP contribution in [0.25, 0.3) is 11.0 Å². The van der Waals surface area contributed by atoms with Gasteiger partial charge in [0.2, 0.25) is 5.95 Å². The Bertz CT molecular complexity index is 913. The maximum atomic E-state index is 6.32. The molecule has 6 nitrogen and oxygen atoms in total. The molecule has 7 heteroatoms. The Labute approximate surface area is 145 Å². The van der Waals surface area contributed by atoms with Gasteiger partial charge in [0.05, 0.1) is 34.7 Å². The van der Waals surface area contributed by atoms with Gasteiger partial charge in [0.1, 0.15) is 5.52 Å². The molecule has 1 aliphatic heterocycles. The number of aryl methyl sites for hydroxylation is 3. The zero-order valence-corrected chi connectivity index (χ0v) is 14.6. The summed E-state index contributed by atoms with van der Waals surface area (Å²) in [6.07, 6.45) is 1.00. The zero-order chi connectivity index (χ0) is 16.8. The van der Waals surface area contributed by atoms with Crippen LogP contribution in [0.4, 0.5) is 11.6 Å². The molecule has 3 heterocycles. The van der Waals surface area contributed by atoms with Crippen molar-refractivity contribution in [2.75, 3.05) is 18.6 Å². The van der Waals surface area contributed by atoms with E-state index in [1.54, 1.807) is 7.11 Å². The largest absolute Gasteiger partial charge is 0.467 e. The number of methoxy groups -OCH3 is 1. The second-order valence-electron chi connectivity index (χ2n) is 5.82. The van der Waals surface area contributed by atoms with Gasteiger partial charge in [0.25, 0.3) is 0 Å². The number of imidazole rings is 1. The smallest absolute Gasteiger partial charge is 0.316 e. The highest BCUT2D eigenvalue weighted by atomic mass is 35.5. The van der Waals surface area contributed by atoms with E-state index in [-0.39, 0.29) is 0 Å². The molecule has 0 saturated heterocycles. The van der Waals surface area contributed by atoms with Crippen LogP contribution in [0.5, 0.6) is 6.01 Å². The highest BCUT2D eigenvalue weighted by Crippen LogP contribution is 2.36. The van der Waals surface area contributed by atoms with Crippen molar-refractivity contribution in [3.05, 3.63) is 34.6 Å². The molecule has 24 heavy (non-hydrogen) atoms. The second kappa shape index (κ2) is 5.63. The van der Waals surface area contributed by atoms with Crippen LogP contribution in [0.15, 0.2) is 12.1 Å². The van der Waals surface area contributed by atoms with Crippen LogP contribution in [0, 0.1) is 19.9 Å². The fraction of sp³-hybridized carbons (Fsp3) is 0.353. The summed E-state index contributed by atoms with van der Waals surface area (Å²) in [5, 5.41) is 0.644. The summed E-state index contributed by atoms with van der Waals surface area (Å²) < 4.78 is 7.33. The third kappa shape index (κ3) is 2.21. The molecule has 2 aromatic heterocycles. The fourth-order valence-electron chi connectivity index (χ4n) is 3.30. The first-order valence-corrected chi connectivity index (χ1v) is 8.21. The molecular weight excluding hydrogens is 326 g/mol. The lowest BCUT2D eigenvalue weighted by atomic mass is 10.2. The molecule has 0 amide bonds. The van der Waals surface area contributed by atoms with E-state index in [1.807, 2.05) is 26.0 Å². The van der Waals surface area contributed by atoms with Crippen molar-refractivity contribution in [1.82, 2.24) is 19.5 Å². The summed E-state index contributed by atoms with van der Waals surface area (Å²) in [7, 11) is 1.58. The zero-order valence-electron chi connectivity index (χ0n) is 13.8. The molecule has 3 aromatic rings. The van der Waals surface area contributed by atoms with Gasteiger partial charge in [-0.05, 0) is 26.3 Å². The Hall–Kier alpha value is -2.34. The summed E-state index contributed by atoms with van der Waals surface area (Å²) in [6, 6.07) is 7.30. The van der Waals surface area contributed by atoms with E-state index >= 15 is 0 Å². The van der Waals surface area contributed by atoms with Crippen molar-refractivity contribution in [3.63, 3.8) is 0 Å². The van der Waals surface area contributed by atoms with Crippen molar-refractivity contribution in [1.29, 1.82) is 0 Å². The van der Waals surface area contributed by atoms with Gasteiger partial charge in [-0.3, -0.25) is 0 Å². The molecule has 0 bridgehead atoms. The molecule has 0 atom stereocenters. The van der Waals surface area contributed by atoms with Crippen molar-refractivity contribution >= 4 is 34.3 Å². The highest BCUT2D eigenvalue weighted by molar-refractivity contribution is 6.35. The summed E-state index contributed by atoms with van der Waals surface area (Å²) in [6.45, 7) is 5.69. The molecule has 0 aliphatic carbocycles. The standard InChI is InChI=1S/C17H17ClN5O/c1-10-15(11(2)20-16(19-10)24-3)23-9-5-8-22-13-7-4-6-12(18)14(13)21-17(22)23/h4,6H,5,8-9H2,1-3H3. The van der Waals surface area contributed by atoms with Crippen LogP contribution in [0.2, 0.25) is 5.02 Å². The summed E-state index contributed by atoms with van der Waals surface area (Å²) >= 11 is 6.32. The summed E-state index contributed by atoms with van der Waals surface area (Å²) in [4.78, 5) is 15.8. The van der Waals surface area contributed by atoms with Gasteiger partial charge in [-0.1, -0.05) is 17.7 Å². The van der Waals surface area contributed by atoms with Crippen LogP contribution in [-0.2, 0) is 6.54 Å². The molecule has 1 aromatic carbocycles. The third-order valence-corrected chi connectivity index (χ3v) is 4.60. The first kappa shape index (κ1) is 15.2. The van der Waals surface area contributed by atoms with Crippen molar-refractivity contribution in [2.24, 2.45) is 0 Å². The van der Waals surface area contributed by atoms with E-state index in [1.165, 1.54) is 0 Å². The maximum Gasteiger partial charge on any atom is 0.316 e. The molecule has 123 valence electrons. The highest BCUT2D eigenvalue weighted by Gasteiger charge is 2.26. The van der Waals surface area contributed by atoms with Gasteiger partial charge < -0.3 is 14.2 Å². The fourth-order valence-corrected chi connectivity index (χ4v) is 3.50. The van der Waals surface area contributed by atoms with Crippen molar-refractivity contribution in [3.8, 4) is 6.01 Å². The lowest BCUT2D eigenvalue weighted by molar-refractivity contribution is 0.377. The van der Waals surface area contributed by atoms with Gasteiger partial charge >= 0.3 is 6.01 Å². The molecule has 1 radical (unpaired) electrons. The number of aromatic nitrogens is 4. The van der Waals surface area contributed by atoms with E-state index < -0.39 is 0 Å². The van der Waals surface area contributed by atoms with Crippen LogP contribution in [-0.4, -0.2) is 33.2 Å². The molecule has 0 unspecified atom stereocenters. The molecule has 0 spiro atoms. The number of benzene rings is 1. The van der Waals surface area contributed by atoms with Crippen molar-refractivity contribution < 1.29 is 4.74 Å². The first-order valence-electron chi connectivity index (χ1n) is 7.83. The number of rotatable bonds is 2. The predicted molar refractivity (Wildman–Crippen MR) is 93.3 cm³/mol. The van der Waals surface area contributed by atoms with Gasteiger partial charge in [0, 0.05) is 19.2 Å². The predicted octanol–water partition coefficient (Wildman–Crippen LogP) is 3.45. The lowest BCUT2D eigenvalue weighted by Crippen LogP contribution is -2.29. The second-order valence-corrected chi connectivity index (χ2v) is 6.23. The maximum absolute atomic E-state index is 6.32. The molecule has 4 rings (SSSR count). The normalized spacial score (nSPS) is 14.1. The molecule has 0 fully saturated rings.